The van der Waals surface area contributed by atoms with Crippen LogP contribution in [0.2, 0.25) is 15.1 Å². The van der Waals surface area contributed by atoms with Crippen molar-refractivity contribution in [3.05, 3.63) is 98.6 Å². The molecule has 1 atom stereocenters. The lowest BCUT2D eigenvalue weighted by molar-refractivity contribution is -0.119. The number of H-pyrrole nitrogens is 1. The molecule has 3 aromatic carbocycles. The number of benzene rings is 3. The molecule has 5 aromatic rings. The molecule has 9 heteroatoms. The highest BCUT2D eigenvalue weighted by atomic mass is 35.5. The van der Waals surface area contributed by atoms with Crippen LogP contribution in [0.1, 0.15) is 27.4 Å². The summed E-state index contributed by atoms with van der Waals surface area (Å²) in [7, 11) is 0. The largest absolute Gasteiger partial charge is 0.425 e. The minimum atomic E-state index is -0.673. The Bertz CT molecular complexity index is 1570. The first-order valence-electron chi connectivity index (χ1n) is 10.5. The average Bonchev–Trinajstić information content (AvgIpc) is 3.41. The number of rotatable bonds is 6. The van der Waals surface area contributed by atoms with E-state index in [0.29, 0.717) is 37.1 Å². The van der Waals surface area contributed by atoms with Crippen molar-refractivity contribution in [1.29, 1.82) is 0 Å². The second-order valence-corrected chi connectivity index (χ2v) is 9.27. The molecule has 0 aliphatic heterocycles. The van der Waals surface area contributed by atoms with Crippen LogP contribution in [-0.2, 0) is 11.2 Å². The number of furan rings is 1. The molecule has 35 heavy (non-hydrogen) atoms. The molecule has 0 bridgehead atoms. The van der Waals surface area contributed by atoms with E-state index >= 15 is 0 Å². The van der Waals surface area contributed by atoms with Gasteiger partial charge in [0.05, 0.1) is 27.0 Å². The zero-order chi connectivity index (χ0) is 24.7. The van der Waals surface area contributed by atoms with Crippen LogP contribution in [0.3, 0.4) is 0 Å². The van der Waals surface area contributed by atoms with E-state index in [4.69, 9.17) is 49.7 Å². The number of hydrogen-bond donors (Lipinski definition) is 2. The van der Waals surface area contributed by atoms with E-state index in [9.17, 15) is 9.59 Å². The van der Waals surface area contributed by atoms with E-state index in [1.54, 1.807) is 42.6 Å². The van der Waals surface area contributed by atoms with E-state index < -0.39 is 17.8 Å². The van der Waals surface area contributed by atoms with Gasteiger partial charge in [0.15, 0.2) is 0 Å². The van der Waals surface area contributed by atoms with Gasteiger partial charge in [0.1, 0.15) is 5.58 Å². The molecule has 0 aliphatic carbocycles. The number of para-hydroxylation sites is 1. The summed E-state index contributed by atoms with van der Waals surface area (Å²) in [5, 5.41) is 2.52. The Labute approximate surface area is 214 Å². The molecule has 6 nitrogen and oxygen atoms in total. The molecule has 0 saturated heterocycles. The number of carbonyl (C=O) groups excluding carboxylic acids is 2. The van der Waals surface area contributed by atoms with Crippen molar-refractivity contribution in [2.75, 3.05) is 0 Å². The zero-order valence-electron chi connectivity index (χ0n) is 18.0. The average molecular weight is 528 g/mol. The van der Waals surface area contributed by atoms with Gasteiger partial charge in [0.25, 0.3) is 5.95 Å². The second kappa shape index (κ2) is 9.30. The third-order valence-electron chi connectivity index (χ3n) is 5.77. The minimum absolute atomic E-state index is 0.0736. The topological polar surface area (TPSA) is 98.3 Å². The fourth-order valence-electron chi connectivity index (χ4n) is 4.07. The van der Waals surface area contributed by atoms with Gasteiger partial charge in [-0.25, -0.2) is 4.79 Å². The van der Waals surface area contributed by atoms with Crippen molar-refractivity contribution in [2.45, 2.75) is 12.3 Å². The predicted octanol–water partition coefficient (Wildman–Crippen LogP) is 6.91. The van der Waals surface area contributed by atoms with Gasteiger partial charge in [0.2, 0.25) is 5.91 Å². The lowest BCUT2D eigenvalue weighted by Gasteiger charge is -2.14. The third-order valence-corrected chi connectivity index (χ3v) is 6.73. The fourth-order valence-corrected chi connectivity index (χ4v) is 4.59. The molecule has 5 rings (SSSR count). The molecule has 0 fully saturated rings. The normalized spacial score (nSPS) is 12.2. The summed E-state index contributed by atoms with van der Waals surface area (Å²) in [6.45, 7) is 0. The summed E-state index contributed by atoms with van der Waals surface area (Å²) in [4.78, 5) is 28.4. The summed E-state index contributed by atoms with van der Waals surface area (Å²) < 4.78 is 11.1. The van der Waals surface area contributed by atoms with Crippen LogP contribution < -0.4 is 10.5 Å². The van der Waals surface area contributed by atoms with Gasteiger partial charge in [0, 0.05) is 28.1 Å². The van der Waals surface area contributed by atoms with E-state index in [0.717, 1.165) is 10.9 Å². The molecule has 0 radical (unpaired) electrons. The first kappa shape index (κ1) is 23.3. The molecular formula is C26H17Cl3N2O4. The smallest absolute Gasteiger partial charge is 0.348 e. The molecule has 2 aromatic heterocycles. The number of esters is 1. The number of carbonyl (C=O) groups is 2. The molecule has 176 valence electrons. The summed E-state index contributed by atoms with van der Waals surface area (Å²) >= 11 is 18.5. The molecule has 0 aliphatic rings. The van der Waals surface area contributed by atoms with Gasteiger partial charge in [-0.3, -0.25) is 4.79 Å². The van der Waals surface area contributed by atoms with E-state index in [-0.39, 0.29) is 17.9 Å². The van der Waals surface area contributed by atoms with Crippen molar-refractivity contribution >= 4 is 68.6 Å². The number of nitrogens with two attached hydrogens (primary N) is 1. The van der Waals surface area contributed by atoms with Gasteiger partial charge in [-0.15, -0.1) is 0 Å². The van der Waals surface area contributed by atoms with Crippen LogP contribution in [-0.4, -0.2) is 16.9 Å². The highest BCUT2D eigenvalue weighted by molar-refractivity contribution is 6.42. The molecule has 2 heterocycles. The van der Waals surface area contributed by atoms with Crippen molar-refractivity contribution < 1.29 is 18.7 Å². The van der Waals surface area contributed by atoms with E-state index in [2.05, 4.69) is 4.98 Å². The Morgan fingerprint density at radius 1 is 1.00 bits per heavy atom. The van der Waals surface area contributed by atoms with Crippen molar-refractivity contribution in [3.63, 3.8) is 0 Å². The molecule has 1 unspecified atom stereocenters. The van der Waals surface area contributed by atoms with Crippen LogP contribution in [0.5, 0.6) is 5.95 Å². The molecule has 1 amide bonds. The highest BCUT2D eigenvalue weighted by Crippen LogP contribution is 2.33. The minimum Gasteiger partial charge on any atom is -0.425 e. The van der Waals surface area contributed by atoms with Crippen LogP contribution in [0.15, 0.2) is 71.3 Å². The number of ether oxygens (including phenoxy) is 1. The SMILES string of the molecule is NC(=O)C(Cc1c[nH]c2c(C(=O)Oc3cc4ccccc4o3)cc(Cl)cc12)c1ccc(Cl)c(Cl)c1. The van der Waals surface area contributed by atoms with Crippen LogP contribution in [0.4, 0.5) is 0 Å². The maximum Gasteiger partial charge on any atom is 0.348 e. The Balaban J connectivity index is 1.48. The quantitative estimate of drug-likeness (QED) is 0.235. The summed E-state index contributed by atoms with van der Waals surface area (Å²) in [5.74, 6) is -1.76. The number of amides is 1. The number of hydrogen-bond acceptors (Lipinski definition) is 4. The summed E-state index contributed by atoms with van der Waals surface area (Å²) in [6, 6.07) is 17.2. The van der Waals surface area contributed by atoms with Crippen LogP contribution >= 0.6 is 34.8 Å². The van der Waals surface area contributed by atoms with Gasteiger partial charge in [-0.1, -0.05) is 59.1 Å². The Morgan fingerprint density at radius 3 is 2.54 bits per heavy atom. The molecule has 0 saturated carbocycles. The van der Waals surface area contributed by atoms with Crippen molar-refractivity contribution in [1.82, 2.24) is 4.98 Å². The fraction of sp³-hybridized carbons (Fsp3) is 0.0769. The van der Waals surface area contributed by atoms with Crippen LogP contribution in [0, 0.1) is 0 Å². The first-order chi connectivity index (χ1) is 16.8. The monoisotopic (exact) mass is 526 g/mol. The molecular weight excluding hydrogens is 511 g/mol. The third kappa shape index (κ3) is 4.60. The van der Waals surface area contributed by atoms with Gasteiger partial charge in [-0.2, -0.15) is 0 Å². The number of primary amides is 1. The van der Waals surface area contributed by atoms with Gasteiger partial charge >= 0.3 is 5.97 Å². The Morgan fingerprint density at radius 2 is 1.80 bits per heavy atom. The zero-order valence-corrected chi connectivity index (χ0v) is 20.2. The first-order valence-corrected chi connectivity index (χ1v) is 11.7. The second-order valence-electron chi connectivity index (χ2n) is 8.02. The van der Waals surface area contributed by atoms with Crippen molar-refractivity contribution in [3.8, 4) is 5.95 Å². The number of halogens is 3. The standard InChI is InChI=1S/C26H17Cl3N2O4/c27-16-10-17-15(7-18(25(30)32)13-5-6-20(28)21(29)8-13)12-31-24(17)19(11-16)26(33)35-23-9-14-3-1-2-4-22(14)34-23/h1-6,8-12,18,31H,7H2,(H2,30,32). The lowest BCUT2D eigenvalue weighted by atomic mass is 9.91. The van der Waals surface area contributed by atoms with Crippen molar-refractivity contribution in [2.24, 2.45) is 5.73 Å². The van der Waals surface area contributed by atoms with E-state index in [1.807, 2.05) is 18.2 Å². The maximum atomic E-state index is 13.0. The van der Waals surface area contributed by atoms with Gasteiger partial charge < -0.3 is 19.9 Å². The van der Waals surface area contributed by atoms with E-state index in [1.165, 1.54) is 6.07 Å². The Hall–Kier alpha value is -3.45. The number of aromatic amines is 1. The van der Waals surface area contributed by atoms with Gasteiger partial charge in [-0.05, 0) is 47.9 Å². The number of fused-ring (bicyclic) bond motifs is 2. The van der Waals surface area contributed by atoms with Crippen LogP contribution in [0.25, 0.3) is 21.9 Å². The Kier molecular flexibility index (Phi) is 6.19. The summed E-state index contributed by atoms with van der Waals surface area (Å²) in [5.41, 5.74) is 8.43. The molecule has 0 spiro atoms. The predicted molar refractivity (Wildman–Crippen MR) is 137 cm³/mol. The number of nitrogens with one attached hydrogen (secondary N) is 1. The summed E-state index contributed by atoms with van der Waals surface area (Å²) in [6.07, 6.45) is 1.97. The maximum absolute atomic E-state index is 13.0. The lowest BCUT2D eigenvalue weighted by Crippen LogP contribution is -2.23. The number of aromatic nitrogens is 1. The highest BCUT2D eigenvalue weighted by Gasteiger charge is 2.24. The molecule has 3 N–H and O–H groups in total.